The van der Waals surface area contributed by atoms with E-state index in [0.717, 1.165) is 12.8 Å². The summed E-state index contributed by atoms with van der Waals surface area (Å²) in [7, 11) is 0. The van der Waals surface area contributed by atoms with Gasteiger partial charge < -0.3 is 5.73 Å². The summed E-state index contributed by atoms with van der Waals surface area (Å²) < 4.78 is 0. The van der Waals surface area contributed by atoms with Crippen molar-refractivity contribution in [3.8, 4) is 0 Å². The van der Waals surface area contributed by atoms with Gasteiger partial charge in [0.1, 0.15) is 0 Å². The Hall–Kier alpha value is -0.300. The summed E-state index contributed by atoms with van der Waals surface area (Å²) in [5.41, 5.74) is 5.82. The molecule has 0 aromatic carbocycles. The van der Waals surface area contributed by atoms with Gasteiger partial charge in [0.2, 0.25) is 0 Å². The molecule has 0 aromatic rings. The summed E-state index contributed by atoms with van der Waals surface area (Å²) in [5, 5.41) is 0. The van der Waals surface area contributed by atoms with Gasteiger partial charge in [0.15, 0.2) is 0 Å². The van der Waals surface area contributed by atoms with Crippen molar-refractivity contribution in [3.05, 3.63) is 12.7 Å². The Morgan fingerprint density at radius 1 is 1.50 bits per heavy atom. The number of allylic oxidation sites excluding steroid dienone is 1. The molecule has 0 aromatic heterocycles. The van der Waals surface area contributed by atoms with Crippen molar-refractivity contribution in [1.82, 2.24) is 0 Å². The van der Waals surface area contributed by atoms with Crippen LogP contribution in [0.1, 0.15) is 33.1 Å². The van der Waals surface area contributed by atoms with Crippen molar-refractivity contribution in [2.24, 2.45) is 11.7 Å². The monoisotopic (exact) mass is 141 g/mol. The molecule has 0 amide bonds. The van der Waals surface area contributed by atoms with Crippen LogP contribution in [0.3, 0.4) is 0 Å². The van der Waals surface area contributed by atoms with E-state index >= 15 is 0 Å². The highest BCUT2D eigenvalue weighted by molar-refractivity contribution is 4.70. The minimum absolute atomic E-state index is 0.375. The summed E-state index contributed by atoms with van der Waals surface area (Å²) in [6.07, 6.45) is 5.36. The second kappa shape index (κ2) is 5.48. The van der Waals surface area contributed by atoms with E-state index in [1.807, 2.05) is 6.08 Å². The van der Waals surface area contributed by atoms with Crippen molar-refractivity contribution in [3.63, 3.8) is 0 Å². The SMILES string of the molecule is C=CCCC[C@@H](N)C(C)C. The normalized spacial score (nSPS) is 13.6. The Bertz CT molecular complexity index is 86.7. The van der Waals surface area contributed by atoms with Gasteiger partial charge in [-0.25, -0.2) is 0 Å². The summed E-state index contributed by atoms with van der Waals surface area (Å²) in [4.78, 5) is 0. The number of unbranched alkanes of at least 4 members (excludes halogenated alkanes) is 1. The van der Waals surface area contributed by atoms with Crippen molar-refractivity contribution < 1.29 is 0 Å². The topological polar surface area (TPSA) is 26.0 Å². The van der Waals surface area contributed by atoms with E-state index in [9.17, 15) is 0 Å². The fraction of sp³-hybridized carbons (Fsp3) is 0.778. The average molecular weight is 141 g/mol. The molecule has 0 rings (SSSR count). The molecular weight excluding hydrogens is 122 g/mol. The maximum Gasteiger partial charge on any atom is 0.00620 e. The van der Waals surface area contributed by atoms with Crippen LogP contribution in [0.25, 0.3) is 0 Å². The fourth-order valence-corrected chi connectivity index (χ4v) is 0.831. The van der Waals surface area contributed by atoms with Gasteiger partial charge in [-0.2, -0.15) is 0 Å². The van der Waals surface area contributed by atoms with Gasteiger partial charge in [-0.15, -0.1) is 6.58 Å². The predicted octanol–water partition coefficient (Wildman–Crippen LogP) is 2.33. The van der Waals surface area contributed by atoms with Gasteiger partial charge in [-0.3, -0.25) is 0 Å². The smallest absolute Gasteiger partial charge is 0.00620 e. The Kier molecular flexibility index (Phi) is 5.32. The second-order valence-electron chi connectivity index (χ2n) is 3.13. The zero-order valence-electron chi connectivity index (χ0n) is 7.14. The molecule has 1 atom stereocenters. The summed E-state index contributed by atoms with van der Waals surface area (Å²) in [6.45, 7) is 7.99. The number of rotatable bonds is 5. The molecule has 10 heavy (non-hydrogen) atoms. The van der Waals surface area contributed by atoms with Gasteiger partial charge in [-0.05, 0) is 25.2 Å². The third kappa shape index (κ3) is 4.57. The summed E-state index contributed by atoms with van der Waals surface area (Å²) >= 11 is 0. The van der Waals surface area contributed by atoms with E-state index < -0.39 is 0 Å². The van der Waals surface area contributed by atoms with Crippen LogP contribution in [0, 0.1) is 5.92 Å². The van der Waals surface area contributed by atoms with Crippen molar-refractivity contribution in [2.75, 3.05) is 0 Å². The molecule has 1 nitrogen and oxygen atoms in total. The van der Waals surface area contributed by atoms with Gasteiger partial charge in [0, 0.05) is 6.04 Å². The fourth-order valence-electron chi connectivity index (χ4n) is 0.831. The molecule has 0 fully saturated rings. The first-order valence-electron chi connectivity index (χ1n) is 4.05. The van der Waals surface area contributed by atoms with Crippen molar-refractivity contribution >= 4 is 0 Å². The van der Waals surface area contributed by atoms with E-state index in [1.54, 1.807) is 0 Å². The van der Waals surface area contributed by atoms with Gasteiger partial charge >= 0.3 is 0 Å². The van der Waals surface area contributed by atoms with E-state index in [1.165, 1.54) is 6.42 Å². The molecule has 0 aliphatic heterocycles. The number of nitrogens with two attached hydrogens (primary N) is 1. The minimum atomic E-state index is 0.375. The highest BCUT2D eigenvalue weighted by atomic mass is 14.6. The molecule has 60 valence electrons. The molecule has 0 heterocycles. The van der Waals surface area contributed by atoms with Crippen LogP contribution in [0.2, 0.25) is 0 Å². The standard InChI is InChI=1S/C9H19N/c1-4-5-6-7-9(10)8(2)3/h4,8-9H,1,5-7,10H2,2-3H3/t9-/m1/s1. The van der Waals surface area contributed by atoms with E-state index in [-0.39, 0.29) is 0 Å². The van der Waals surface area contributed by atoms with Crippen LogP contribution in [0.5, 0.6) is 0 Å². The highest BCUT2D eigenvalue weighted by Gasteiger charge is 2.05. The van der Waals surface area contributed by atoms with Crippen LogP contribution in [0.4, 0.5) is 0 Å². The minimum Gasteiger partial charge on any atom is -0.327 e. The molecule has 1 heteroatoms. The van der Waals surface area contributed by atoms with Crippen LogP contribution in [-0.2, 0) is 0 Å². The molecule has 0 spiro atoms. The molecule has 0 radical (unpaired) electrons. The summed E-state index contributed by atoms with van der Waals surface area (Å²) in [6, 6.07) is 0.375. The van der Waals surface area contributed by atoms with Crippen LogP contribution in [-0.4, -0.2) is 6.04 Å². The van der Waals surface area contributed by atoms with Crippen molar-refractivity contribution in [1.29, 1.82) is 0 Å². The number of hydrogen-bond acceptors (Lipinski definition) is 1. The lowest BCUT2D eigenvalue weighted by Crippen LogP contribution is -2.25. The van der Waals surface area contributed by atoms with Gasteiger partial charge in [-0.1, -0.05) is 19.9 Å². The molecule has 0 saturated carbocycles. The van der Waals surface area contributed by atoms with E-state index in [4.69, 9.17) is 5.73 Å². The molecule has 0 aliphatic carbocycles. The molecule has 0 aliphatic rings. The van der Waals surface area contributed by atoms with Crippen LogP contribution >= 0.6 is 0 Å². The third-order valence-electron chi connectivity index (χ3n) is 1.80. The largest absolute Gasteiger partial charge is 0.327 e. The zero-order chi connectivity index (χ0) is 7.98. The Balaban J connectivity index is 3.21. The van der Waals surface area contributed by atoms with Crippen molar-refractivity contribution in [2.45, 2.75) is 39.2 Å². The number of hydrogen-bond donors (Lipinski definition) is 1. The van der Waals surface area contributed by atoms with Crippen LogP contribution in [0.15, 0.2) is 12.7 Å². The maximum atomic E-state index is 5.82. The molecule has 0 unspecified atom stereocenters. The quantitative estimate of drug-likeness (QED) is 0.461. The Labute approximate surface area is 64.3 Å². The maximum absolute atomic E-state index is 5.82. The average Bonchev–Trinajstić information content (AvgIpc) is 1.88. The molecular formula is C9H19N. The summed E-state index contributed by atoms with van der Waals surface area (Å²) in [5.74, 6) is 0.616. The molecule has 0 saturated heterocycles. The zero-order valence-corrected chi connectivity index (χ0v) is 7.14. The lowest BCUT2D eigenvalue weighted by Gasteiger charge is -2.13. The lowest BCUT2D eigenvalue weighted by atomic mass is 10.00. The predicted molar refractivity (Wildman–Crippen MR) is 46.9 cm³/mol. The Morgan fingerprint density at radius 2 is 2.10 bits per heavy atom. The second-order valence-corrected chi connectivity index (χ2v) is 3.13. The molecule has 2 N–H and O–H groups in total. The first-order valence-corrected chi connectivity index (χ1v) is 4.05. The van der Waals surface area contributed by atoms with Gasteiger partial charge in [0.25, 0.3) is 0 Å². The van der Waals surface area contributed by atoms with E-state index in [0.29, 0.717) is 12.0 Å². The van der Waals surface area contributed by atoms with E-state index in [2.05, 4.69) is 20.4 Å². The first-order chi connectivity index (χ1) is 4.68. The Morgan fingerprint density at radius 3 is 2.50 bits per heavy atom. The highest BCUT2D eigenvalue weighted by Crippen LogP contribution is 2.07. The molecule has 0 bridgehead atoms. The third-order valence-corrected chi connectivity index (χ3v) is 1.80. The van der Waals surface area contributed by atoms with Gasteiger partial charge in [0.05, 0.1) is 0 Å². The lowest BCUT2D eigenvalue weighted by molar-refractivity contribution is 0.453. The first kappa shape index (κ1) is 9.70. The van der Waals surface area contributed by atoms with Crippen LogP contribution < -0.4 is 5.73 Å².